The van der Waals surface area contributed by atoms with Gasteiger partial charge in [0.2, 0.25) is 0 Å². The molecule has 0 spiro atoms. The topological polar surface area (TPSA) is 71.3 Å². The van der Waals surface area contributed by atoms with E-state index in [1.54, 1.807) is 42.5 Å². The molecule has 0 saturated carbocycles. The van der Waals surface area contributed by atoms with Crippen molar-refractivity contribution in [1.29, 1.82) is 5.26 Å². The number of hydrogen-bond donors (Lipinski definition) is 1. The van der Waals surface area contributed by atoms with Gasteiger partial charge in [0.1, 0.15) is 36.4 Å². The van der Waals surface area contributed by atoms with Crippen LogP contribution in [0.15, 0.2) is 106 Å². The minimum absolute atomic E-state index is 0.0436. The summed E-state index contributed by atoms with van der Waals surface area (Å²) in [5.41, 5.74) is 3.07. The zero-order valence-corrected chi connectivity index (χ0v) is 23.9. The molecule has 5 nitrogen and oxygen atoms in total. The van der Waals surface area contributed by atoms with Crippen LogP contribution in [0.1, 0.15) is 16.7 Å². The molecule has 0 heterocycles. The summed E-state index contributed by atoms with van der Waals surface area (Å²) < 4.78 is 13.0. The van der Waals surface area contributed by atoms with Crippen LogP contribution in [-0.4, -0.2) is 5.91 Å². The van der Waals surface area contributed by atoms with Crippen LogP contribution < -0.4 is 14.8 Å². The number of hydrogen-bond acceptors (Lipinski definition) is 4. The fourth-order valence-electron chi connectivity index (χ4n) is 3.46. The number of nitriles is 1. The van der Waals surface area contributed by atoms with Crippen LogP contribution in [-0.2, 0) is 18.0 Å². The average molecular weight is 653 g/mol. The molecule has 0 aliphatic carbocycles. The van der Waals surface area contributed by atoms with Crippen LogP contribution in [0.2, 0.25) is 5.02 Å². The number of amides is 1. The fraction of sp³-hybridized carbons (Fsp3) is 0.0667. The Morgan fingerprint density at radius 1 is 0.895 bits per heavy atom. The first-order chi connectivity index (χ1) is 18.4. The quantitative estimate of drug-likeness (QED) is 0.145. The number of anilines is 1. The van der Waals surface area contributed by atoms with E-state index in [1.807, 2.05) is 54.6 Å². The molecule has 4 aromatic carbocycles. The largest absolute Gasteiger partial charge is 0.489 e. The number of rotatable bonds is 9. The van der Waals surface area contributed by atoms with Crippen molar-refractivity contribution in [2.75, 3.05) is 5.32 Å². The van der Waals surface area contributed by atoms with Crippen molar-refractivity contribution < 1.29 is 14.3 Å². The lowest BCUT2D eigenvalue weighted by Gasteiger charge is -2.12. The van der Waals surface area contributed by atoms with E-state index in [4.69, 9.17) is 21.1 Å². The zero-order valence-electron chi connectivity index (χ0n) is 20.0. The van der Waals surface area contributed by atoms with Crippen molar-refractivity contribution in [2.24, 2.45) is 0 Å². The summed E-state index contributed by atoms with van der Waals surface area (Å²) in [5, 5.41) is 13.0. The van der Waals surface area contributed by atoms with Crippen molar-refractivity contribution in [3.05, 3.63) is 127 Å². The van der Waals surface area contributed by atoms with Crippen molar-refractivity contribution >= 4 is 61.1 Å². The van der Waals surface area contributed by atoms with Gasteiger partial charge in [-0.05, 0) is 91.5 Å². The Labute approximate surface area is 242 Å². The fourth-order valence-corrected chi connectivity index (χ4v) is 5.10. The number of halogens is 3. The predicted molar refractivity (Wildman–Crippen MR) is 157 cm³/mol. The van der Waals surface area contributed by atoms with Gasteiger partial charge in [0.15, 0.2) is 0 Å². The van der Waals surface area contributed by atoms with Crippen molar-refractivity contribution in [3.8, 4) is 17.6 Å². The monoisotopic (exact) mass is 650 g/mol. The van der Waals surface area contributed by atoms with Gasteiger partial charge in [0.25, 0.3) is 5.91 Å². The van der Waals surface area contributed by atoms with Gasteiger partial charge in [-0.1, -0.05) is 60.1 Å². The number of nitrogens with one attached hydrogen (secondary N) is 1. The van der Waals surface area contributed by atoms with Gasteiger partial charge < -0.3 is 14.8 Å². The summed E-state index contributed by atoms with van der Waals surface area (Å²) >= 11 is 13.2. The molecule has 4 rings (SSSR count). The van der Waals surface area contributed by atoms with Gasteiger partial charge in [-0.25, -0.2) is 0 Å². The van der Waals surface area contributed by atoms with E-state index in [2.05, 4.69) is 37.2 Å². The zero-order chi connectivity index (χ0) is 26.9. The van der Waals surface area contributed by atoms with Gasteiger partial charge in [-0.3, -0.25) is 4.79 Å². The van der Waals surface area contributed by atoms with Crippen LogP contribution in [0, 0.1) is 11.3 Å². The van der Waals surface area contributed by atoms with Crippen LogP contribution in [0.4, 0.5) is 5.69 Å². The molecule has 0 aliphatic heterocycles. The van der Waals surface area contributed by atoms with Gasteiger partial charge in [-0.15, -0.1) is 0 Å². The van der Waals surface area contributed by atoms with Crippen molar-refractivity contribution in [3.63, 3.8) is 0 Å². The summed E-state index contributed by atoms with van der Waals surface area (Å²) in [7, 11) is 0. The molecular formula is C30H21Br2ClN2O3. The molecule has 0 saturated heterocycles. The average Bonchev–Trinajstić information content (AvgIpc) is 2.92. The lowest BCUT2D eigenvalue weighted by atomic mass is 10.1. The Bertz CT molecular complexity index is 1480. The van der Waals surface area contributed by atoms with E-state index in [0.29, 0.717) is 43.3 Å². The molecule has 0 bridgehead atoms. The smallest absolute Gasteiger partial charge is 0.266 e. The Balaban J connectivity index is 1.40. The lowest BCUT2D eigenvalue weighted by molar-refractivity contribution is -0.112. The summed E-state index contributed by atoms with van der Waals surface area (Å²) in [4.78, 5) is 12.8. The van der Waals surface area contributed by atoms with Crippen LogP contribution in [0.25, 0.3) is 6.08 Å². The summed E-state index contributed by atoms with van der Waals surface area (Å²) in [6.45, 7) is 0.733. The molecule has 4 aromatic rings. The molecule has 190 valence electrons. The molecule has 0 atom stereocenters. The highest BCUT2D eigenvalue weighted by Crippen LogP contribution is 2.36. The minimum atomic E-state index is -0.517. The van der Waals surface area contributed by atoms with Crippen LogP contribution in [0.3, 0.4) is 0 Å². The first kappa shape index (κ1) is 27.5. The molecule has 0 fully saturated rings. The van der Waals surface area contributed by atoms with Gasteiger partial charge >= 0.3 is 0 Å². The summed E-state index contributed by atoms with van der Waals surface area (Å²) in [6, 6.07) is 29.8. The highest BCUT2D eigenvalue weighted by atomic mass is 79.9. The molecular weight excluding hydrogens is 632 g/mol. The third-order valence-corrected chi connectivity index (χ3v) is 6.93. The standard InChI is InChI=1S/C30H21Br2ClN2O3/c31-26-15-21(16-27(32)29(26)38-19-22-8-4-5-9-28(22)33)14-23(17-34)30(36)35-24-10-12-25(13-11-24)37-18-20-6-2-1-3-7-20/h1-16H,18-19H2,(H,35,36)/b23-14+. The van der Waals surface area contributed by atoms with E-state index in [-0.39, 0.29) is 12.2 Å². The number of carbonyl (C=O) groups excluding carboxylic acids is 1. The third-order valence-electron chi connectivity index (χ3n) is 5.39. The second kappa shape index (κ2) is 13.3. The molecule has 1 N–H and O–H groups in total. The van der Waals surface area contributed by atoms with Crippen LogP contribution in [0.5, 0.6) is 11.5 Å². The van der Waals surface area contributed by atoms with E-state index in [0.717, 1.165) is 11.1 Å². The van der Waals surface area contributed by atoms with E-state index >= 15 is 0 Å². The number of nitrogens with zero attached hydrogens (tertiary/aromatic N) is 1. The maximum atomic E-state index is 12.8. The molecule has 38 heavy (non-hydrogen) atoms. The Kier molecular flexibility index (Phi) is 9.61. The highest BCUT2D eigenvalue weighted by molar-refractivity contribution is 9.11. The first-order valence-corrected chi connectivity index (χ1v) is 13.4. The van der Waals surface area contributed by atoms with Gasteiger partial charge in [0, 0.05) is 16.3 Å². The maximum Gasteiger partial charge on any atom is 0.266 e. The van der Waals surface area contributed by atoms with Crippen molar-refractivity contribution in [1.82, 2.24) is 0 Å². The number of carbonyl (C=O) groups is 1. The van der Waals surface area contributed by atoms with Crippen LogP contribution >= 0.6 is 43.5 Å². The van der Waals surface area contributed by atoms with Gasteiger partial charge in [-0.2, -0.15) is 5.26 Å². The minimum Gasteiger partial charge on any atom is -0.489 e. The van der Waals surface area contributed by atoms with E-state index < -0.39 is 5.91 Å². The summed E-state index contributed by atoms with van der Waals surface area (Å²) in [5.74, 6) is 0.741. The maximum absolute atomic E-state index is 12.8. The van der Waals surface area contributed by atoms with E-state index in [1.165, 1.54) is 6.08 Å². The number of benzene rings is 4. The van der Waals surface area contributed by atoms with Crippen molar-refractivity contribution in [2.45, 2.75) is 13.2 Å². The summed E-state index contributed by atoms with van der Waals surface area (Å²) in [6.07, 6.45) is 1.51. The second-order valence-electron chi connectivity index (χ2n) is 8.12. The highest BCUT2D eigenvalue weighted by Gasteiger charge is 2.13. The number of ether oxygens (including phenoxy) is 2. The third kappa shape index (κ3) is 7.48. The molecule has 0 aromatic heterocycles. The normalized spacial score (nSPS) is 10.9. The molecule has 8 heteroatoms. The molecule has 0 aliphatic rings. The Morgan fingerprint density at radius 3 is 2.21 bits per heavy atom. The predicted octanol–water partition coefficient (Wildman–Crippen LogP) is 8.57. The molecule has 0 unspecified atom stereocenters. The van der Waals surface area contributed by atoms with E-state index in [9.17, 15) is 10.1 Å². The second-order valence-corrected chi connectivity index (χ2v) is 10.2. The Hall–Kier alpha value is -3.57. The molecule has 0 radical (unpaired) electrons. The lowest BCUT2D eigenvalue weighted by Crippen LogP contribution is -2.13. The Morgan fingerprint density at radius 2 is 1.55 bits per heavy atom. The van der Waals surface area contributed by atoms with Gasteiger partial charge in [0.05, 0.1) is 8.95 Å². The molecule has 1 amide bonds. The first-order valence-electron chi connectivity index (χ1n) is 11.5. The SMILES string of the molecule is N#C/C(=C\c1cc(Br)c(OCc2ccccc2Cl)c(Br)c1)C(=O)Nc1ccc(OCc2ccccc2)cc1.